The minimum atomic E-state index is -1.32. The van der Waals surface area contributed by atoms with Crippen molar-refractivity contribution < 1.29 is 23.5 Å². The number of ether oxygens (including phenoxy) is 1. The molecule has 0 N–H and O–H groups in total. The number of likely N-dealkylation sites (tertiary alicyclic amines) is 1. The van der Waals surface area contributed by atoms with Crippen LogP contribution in [0.1, 0.15) is 28.4 Å². The van der Waals surface area contributed by atoms with Crippen molar-refractivity contribution in [2.24, 2.45) is 5.92 Å². The lowest BCUT2D eigenvalue weighted by molar-refractivity contribution is -0.140. The molecule has 1 aliphatic heterocycles. The number of rotatable bonds is 8. The predicted octanol–water partition coefficient (Wildman–Crippen LogP) is 3.07. The number of hydrogen-bond acceptors (Lipinski definition) is 5. The van der Waals surface area contributed by atoms with Crippen molar-refractivity contribution in [3.05, 3.63) is 84.2 Å². The van der Waals surface area contributed by atoms with E-state index in [1.54, 1.807) is 49.1 Å². The topological polar surface area (TPSA) is 81.5 Å². The van der Waals surface area contributed by atoms with Crippen LogP contribution in [-0.4, -0.2) is 45.6 Å². The maximum absolute atomic E-state index is 14.8. The Morgan fingerprint density at radius 2 is 1.84 bits per heavy atom. The van der Waals surface area contributed by atoms with Gasteiger partial charge in [-0.3, -0.25) is 14.4 Å². The van der Waals surface area contributed by atoms with Gasteiger partial charge in [0.15, 0.2) is 5.78 Å². The van der Waals surface area contributed by atoms with E-state index in [0.29, 0.717) is 18.7 Å². The number of hydrogen-bond donors (Lipinski definition) is 0. The molecule has 1 fully saturated rings. The molecular weight excluding hydrogens is 413 g/mol. The summed E-state index contributed by atoms with van der Waals surface area (Å²) in [7, 11) is 1.51. The largest absolute Gasteiger partial charge is 0.497 e. The molecule has 3 aromatic rings. The van der Waals surface area contributed by atoms with Crippen LogP contribution >= 0.6 is 0 Å². The Kier molecular flexibility index (Phi) is 6.11. The Bertz CT molecular complexity index is 1130. The van der Waals surface area contributed by atoms with E-state index in [1.165, 1.54) is 30.2 Å². The van der Waals surface area contributed by atoms with Gasteiger partial charge in [0, 0.05) is 36.6 Å². The van der Waals surface area contributed by atoms with E-state index in [1.807, 2.05) is 4.57 Å². The van der Waals surface area contributed by atoms with Gasteiger partial charge in [-0.1, -0.05) is 18.2 Å². The fourth-order valence-corrected chi connectivity index (χ4v) is 4.07. The second kappa shape index (κ2) is 9.13. The zero-order valence-corrected chi connectivity index (χ0v) is 17.5. The molecule has 0 aliphatic carbocycles. The van der Waals surface area contributed by atoms with Crippen molar-refractivity contribution in [2.45, 2.75) is 19.0 Å². The number of halogens is 1. The predicted molar refractivity (Wildman–Crippen MR) is 114 cm³/mol. The SMILES string of the molecule is COc1ccc(C(=O)C2C(=O)C(=O)N(CCCn3ccnc3)C2c2ccccc2F)cc1. The second-order valence-corrected chi connectivity index (χ2v) is 7.55. The Hall–Kier alpha value is -3.81. The number of imidazole rings is 1. The van der Waals surface area contributed by atoms with Crippen molar-refractivity contribution >= 4 is 17.5 Å². The molecule has 0 bridgehead atoms. The third-order valence-corrected chi connectivity index (χ3v) is 5.66. The molecule has 8 heteroatoms. The minimum Gasteiger partial charge on any atom is -0.497 e. The van der Waals surface area contributed by atoms with E-state index in [0.717, 1.165) is 0 Å². The number of amides is 1. The summed E-state index contributed by atoms with van der Waals surface area (Å²) in [5.41, 5.74) is 0.416. The van der Waals surface area contributed by atoms with Crippen LogP contribution in [0.5, 0.6) is 5.75 Å². The molecule has 2 aromatic carbocycles. The quantitative estimate of drug-likeness (QED) is 0.309. The van der Waals surface area contributed by atoms with Gasteiger partial charge >= 0.3 is 0 Å². The van der Waals surface area contributed by atoms with Crippen LogP contribution < -0.4 is 4.74 Å². The first kappa shape index (κ1) is 21.4. The highest BCUT2D eigenvalue weighted by Crippen LogP contribution is 2.39. The first-order chi connectivity index (χ1) is 15.5. The van der Waals surface area contributed by atoms with Crippen molar-refractivity contribution in [1.29, 1.82) is 0 Å². The molecule has 0 saturated carbocycles. The Morgan fingerprint density at radius 1 is 1.09 bits per heavy atom. The van der Waals surface area contributed by atoms with Crippen molar-refractivity contribution in [1.82, 2.24) is 14.5 Å². The van der Waals surface area contributed by atoms with Gasteiger partial charge in [-0.25, -0.2) is 9.37 Å². The van der Waals surface area contributed by atoms with Gasteiger partial charge in [-0.2, -0.15) is 0 Å². The smallest absolute Gasteiger partial charge is 0.291 e. The first-order valence-corrected chi connectivity index (χ1v) is 10.2. The summed E-state index contributed by atoms with van der Waals surface area (Å²) in [4.78, 5) is 44.5. The Balaban J connectivity index is 1.66. The molecule has 2 atom stereocenters. The van der Waals surface area contributed by atoms with E-state index in [2.05, 4.69) is 4.98 Å². The van der Waals surface area contributed by atoms with Gasteiger partial charge in [0.2, 0.25) is 5.78 Å². The first-order valence-electron chi connectivity index (χ1n) is 10.2. The third-order valence-electron chi connectivity index (χ3n) is 5.66. The number of carbonyl (C=O) groups excluding carboxylic acids is 3. The van der Waals surface area contributed by atoms with E-state index < -0.39 is 35.3 Å². The van der Waals surface area contributed by atoms with E-state index >= 15 is 0 Å². The molecule has 1 amide bonds. The van der Waals surface area contributed by atoms with Crippen LogP contribution in [0.4, 0.5) is 4.39 Å². The molecule has 32 heavy (non-hydrogen) atoms. The third kappa shape index (κ3) is 4.03. The lowest BCUT2D eigenvalue weighted by Gasteiger charge is -2.27. The summed E-state index contributed by atoms with van der Waals surface area (Å²) in [6.07, 6.45) is 5.61. The fraction of sp³-hybridized carbons (Fsp3) is 0.250. The van der Waals surface area contributed by atoms with Gasteiger partial charge < -0.3 is 14.2 Å². The number of Topliss-reactive ketones (excluding diaryl/α,β-unsaturated/α-hetero) is 2. The minimum absolute atomic E-state index is 0.154. The summed E-state index contributed by atoms with van der Waals surface area (Å²) < 4.78 is 21.7. The summed E-state index contributed by atoms with van der Waals surface area (Å²) in [6.45, 7) is 0.771. The molecule has 2 unspecified atom stereocenters. The maximum Gasteiger partial charge on any atom is 0.291 e. The van der Waals surface area contributed by atoms with Gasteiger partial charge in [0.25, 0.3) is 5.91 Å². The number of aromatic nitrogens is 2. The highest BCUT2D eigenvalue weighted by Gasteiger charge is 2.52. The van der Waals surface area contributed by atoms with E-state index in [9.17, 15) is 18.8 Å². The molecule has 0 radical (unpaired) electrons. The molecule has 1 aliphatic rings. The summed E-state index contributed by atoms with van der Waals surface area (Å²) in [5, 5.41) is 0. The summed E-state index contributed by atoms with van der Waals surface area (Å²) in [5.74, 6) is -3.43. The molecule has 1 saturated heterocycles. The lowest BCUT2D eigenvalue weighted by Crippen LogP contribution is -2.32. The summed E-state index contributed by atoms with van der Waals surface area (Å²) in [6, 6.07) is 11.2. The number of carbonyl (C=O) groups is 3. The van der Waals surface area contributed by atoms with Crippen LogP contribution in [0, 0.1) is 11.7 Å². The van der Waals surface area contributed by atoms with Crippen molar-refractivity contribution in [3.63, 3.8) is 0 Å². The number of ketones is 2. The van der Waals surface area contributed by atoms with Crippen LogP contribution in [0.3, 0.4) is 0 Å². The number of aryl methyl sites for hydroxylation is 1. The molecule has 4 rings (SSSR count). The molecule has 2 heterocycles. The lowest BCUT2D eigenvalue weighted by atomic mass is 9.86. The molecule has 1 aromatic heterocycles. The van der Waals surface area contributed by atoms with Gasteiger partial charge in [-0.05, 0) is 36.8 Å². The number of methoxy groups -OCH3 is 1. The van der Waals surface area contributed by atoms with E-state index in [-0.39, 0.29) is 17.7 Å². The average Bonchev–Trinajstić information content (AvgIpc) is 3.41. The number of nitrogens with zero attached hydrogens (tertiary/aromatic N) is 3. The maximum atomic E-state index is 14.8. The standard InChI is InChI=1S/C24H22FN3O4/c1-32-17-9-7-16(8-10-17)22(29)20-21(18-5-2-3-6-19(18)25)28(24(31)23(20)30)13-4-12-27-14-11-26-15-27/h2-3,5-11,14-15,20-21H,4,12-13H2,1H3. The highest BCUT2D eigenvalue weighted by molar-refractivity contribution is 6.44. The highest BCUT2D eigenvalue weighted by atomic mass is 19.1. The Labute approximate surface area is 184 Å². The van der Waals surface area contributed by atoms with Crippen LogP contribution in [-0.2, 0) is 16.1 Å². The normalized spacial score (nSPS) is 18.2. The van der Waals surface area contributed by atoms with Crippen molar-refractivity contribution in [3.8, 4) is 5.75 Å². The summed E-state index contributed by atoms with van der Waals surface area (Å²) >= 11 is 0. The second-order valence-electron chi connectivity index (χ2n) is 7.55. The number of benzene rings is 2. The van der Waals surface area contributed by atoms with Crippen molar-refractivity contribution in [2.75, 3.05) is 13.7 Å². The molecular formula is C24H22FN3O4. The molecule has 164 valence electrons. The average molecular weight is 435 g/mol. The van der Waals surface area contributed by atoms with E-state index in [4.69, 9.17) is 4.74 Å². The van der Waals surface area contributed by atoms with Crippen LogP contribution in [0.15, 0.2) is 67.3 Å². The zero-order valence-electron chi connectivity index (χ0n) is 17.5. The van der Waals surface area contributed by atoms with Gasteiger partial charge in [-0.15, -0.1) is 0 Å². The van der Waals surface area contributed by atoms with Gasteiger partial charge in [0.05, 0.1) is 19.5 Å². The monoisotopic (exact) mass is 435 g/mol. The Morgan fingerprint density at radius 3 is 2.50 bits per heavy atom. The van der Waals surface area contributed by atoms with Gasteiger partial charge in [0.1, 0.15) is 17.5 Å². The fourth-order valence-electron chi connectivity index (χ4n) is 4.07. The van der Waals surface area contributed by atoms with Crippen LogP contribution in [0.25, 0.3) is 0 Å². The molecule has 0 spiro atoms. The zero-order chi connectivity index (χ0) is 22.7. The molecule has 7 nitrogen and oxygen atoms in total. The van der Waals surface area contributed by atoms with Crippen LogP contribution in [0.2, 0.25) is 0 Å².